The summed E-state index contributed by atoms with van der Waals surface area (Å²) in [7, 11) is -3.01. The van der Waals surface area contributed by atoms with Crippen molar-refractivity contribution >= 4 is 10.0 Å². The van der Waals surface area contributed by atoms with Gasteiger partial charge in [-0.2, -0.15) is 0 Å². The van der Waals surface area contributed by atoms with Gasteiger partial charge < -0.3 is 5.32 Å². The number of nitrogens with one attached hydrogen (secondary N) is 1. The lowest BCUT2D eigenvalue weighted by Gasteiger charge is -2.26. The van der Waals surface area contributed by atoms with Gasteiger partial charge in [0.1, 0.15) is 0 Å². The molecule has 5 heteroatoms. The highest BCUT2D eigenvalue weighted by molar-refractivity contribution is 7.89. The fourth-order valence-electron chi connectivity index (χ4n) is 3.54. The molecule has 0 amide bonds. The van der Waals surface area contributed by atoms with Crippen LogP contribution in [0.5, 0.6) is 0 Å². The maximum absolute atomic E-state index is 12.5. The number of fused-ring (bicyclic) bond motifs is 2. The Bertz CT molecular complexity index is 376. The molecule has 3 fully saturated rings. The van der Waals surface area contributed by atoms with Crippen molar-refractivity contribution in [3.05, 3.63) is 0 Å². The van der Waals surface area contributed by atoms with Crippen molar-refractivity contribution in [3.8, 4) is 0 Å². The molecule has 3 rings (SSSR count). The molecule has 4 nitrogen and oxygen atoms in total. The smallest absolute Gasteiger partial charge is 0.217 e. The highest BCUT2D eigenvalue weighted by Crippen LogP contribution is 2.29. The van der Waals surface area contributed by atoms with Crippen LogP contribution in [0.3, 0.4) is 0 Å². The van der Waals surface area contributed by atoms with Crippen LogP contribution in [-0.4, -0.2) is 43.1 Å². The van der Waals surface area contributed by atoms with E-state index in [2.05, 4.69) is 5.32 Å². The zero-order valence-corrected chi connectivity index (χ0v) is 11.1. The van der Waals surface area contributed by atoms with E-state index in [0.717, 1.165) is 45.1 Å². The molecular weight excluding hydrogens is 236 g/mol. The number of hydrogen-bond donors (Lipinski definition) is 1. The summed E-state index contributed by atoms with van der Waals surface area (Å²) in [5, 5.41) is 3.46. The summed E-state index contributed by atoms with van der Waals surface area (Å²) >= 11 is 0. The van der Waals surface area contributed by atoms with Gasteiger partial charge in [0.2, 0.25) is 10.0 Å². The molecule has 2 unspecified atom stereocenters. The molecule has 17 heavy (non-hydrogen) atoms. The van der Waals surface area contributed by atoms with Gasteiger partial charge in [-0.1, -0.05) is 12.8 Å². The zero-order chi connectivity index (χ0) is 11.9. The van der Waals surface area contributed by atoms with E-state index in [1.165, 1.54) is 6.42 Å². The van der Waals surface area contributed by atoms with E-state index in [1.807, 2.05) is 0 Å². The largest absolute Gasteiger partial charge is 0.310 e. The first kappa shape index (κ1) is 11.9. The normalized spacial score (nSPS) is 36.2. The van der Waals surface area contributed by atoms with Crippen LogP contribution in [0.15, 0.2) is 0 Å². The topological polar surface area (TPSA) is 49.4 Å². The first-order chi connectivity index (χ1) is 8.16. The molecule has 3 aliphatic rings. The predicted octanol–water partition coefficient (Wildman–Crippen LogP) is 1.09. The van der Waals surface area contributed by atoms with Gasteiger partial charge in [0.05, 0.1) is 5.25 Å². The van der Waals surface area contributed by atoms with Gasteiger partial charge in [0.25, 0.3) is 0 Å². The Morgan fingerprint density at radius 3 is 2.41 bits per heavy atom. The molecule has 0 aromatic carbocycles. The van der Waals surface area contributed by atoms with Crippen LogP contribution in [0.4, 0.5) is 0 Å². The minimum absolute atomic E-state index is 0.0841. The maximum atomic E-state index is 12.5. The molecule has 1 saturated carbocycles. The molecule has 1 N–H and O–H groups in total. The SMILES string of the molecule is O=S(=O)(C1CCCC1)N1CCC2CCC(C1)N2. The molecule has 2 heterocycles. The molecule has 0 radical (unpaired) electrons. The van der Waals surface area contributed by atoms with Crippen molar-refractivity contribution in [1.29, 1.82) is 0 Å². The second-order valence-electron chi connectivity index (χ2n) is 5.74. The lowest BCUT2D eigenvalue weighted by atomic mass is 10.1. The summed E-state index contributed by atoms with van der Waals surface area (Å²) in [6.07, 6.45) is 7.27. The van der Waals surface area contributed by atoms with Crippen molar-refractivity contribution in [2.75, 3.05) is 13.1 Å². The van der Waals surface area contributed by atoms with E-state index in [4.69, 9.17) is 0 Å². The fourth-order valence-corrected chi connectivity index (χ4v) is 5.64. The Kier molecular flexibility index (Phi) is 3.17. The van der Waals surface area contributed by atoms with Crippen LogP contribution in [0.2, 0.25) is 0 Å². The summed E-state index contributed by atoms with van der Waals surface area (Å²) in [4.78, 5) is 0. The maximum Gasteiger partial charge on any atom is 0.217 e. The summed E-state index contributed by atoms with van der Waals surface area (Å²) in [5.74, 6) is 0. The third-order valence-electron chi connectivity index (χ3n) is 4.57. The number of nitrogens with zero attached hydrogens (tertiary/aromatic N) is 1. The minimum atomic E-state index is -3.01. The molecule has 2 aliphatic heterocycles. The van der Waals surface area contributed by atoms with Crippen LogP contribution in [0.1, 0.15) is 44.9 Å². The number of hydrogen-bond acceptors (Lipinski definition) is 3. The summed E-state index contributed by atoms with van der Waals surface area (Å²) in [6.45, 7) is 1.43. The Hall–Kier alpha value is -0.130. The molecule has 0 aromatic heterocycles. The Morgan fingerprint density at radius 2 is 1.65 bits per heavy atom. The van der Waals surface area contributed by atoms with Crippen LogP contribution < -0.4 is 5.32 Å². The third-order valence-corrected chi connectivity index (χ3v) is 6.93. The fraction of sp³-hybridized carbons (Fsp3) is 1.00. The van der Waals surface area contributed by atoms with Crippen molar-refractivity contribution in [1.82, 2.24) is 9.62 Å². The average Bonchev–Trinajstić information content (AvgIpc) is 2.87. The lowest BCUT2D eigenvalue weighted by Crippen LogP contribution is -2.42. The Morgan fingerprint density at radius 1 is 0.941 bits per heavy atom. The van der Waals surface area contributed by atoms with E-state index in [0.29, 0.717) is 18.6 Å². The van der Waals surface area contributed by atoms with Crippen molar-refractivity contribution in [2.24, 2.45) is 0 Å². The predicted molar refractivity (Wildman–Crippen MR) is 67.3 cm³/mol. The summed E-state index contributed by atoms with van der Waals surface area (Å²) < 4.78 is 26.8. The zero-order valence-electron chi connectivity index (χ0n) is 10.3. The van der Waals surface area contributed by atoms with E-state index >= 15 is 0 Å². The van der Waals surface area contributed by atoms with Crippen molar-refractivity contribution < 1.29 is 8.42 Å². The highest BCUT2D eigenvalue weighted by Gasteiger charge is 2.38. The molecule has 2 atom stereocenters. The van der Waals surface area contributed by atoms with Gasteiger partial charge in [-0.3, -0.25) is 0 Å². The van der Waals surface area contributed by atoms with E-state index in [9.17, 15) is 8.42 Å². The first-order valence-corrected chi connectivity index (χ1v) is 8.41. The Balaban J connectivity index is 1.74. The van der Waals surface area contributed by atoms with Gasteiger partial charge >= 0.3 is 0 Å². The van der Waals surface area contributed by atoms with E-state index < -0.39 is 10.0 Å². The highest BCUT2D eigenvalue weighted by atomic mass is 32.2. The van der Waals surface area contributed by atoms with Crippen LogP contribution in [0.25, 0.3) is 0 Å². The standard InChI is InChI=1S/C12H22N2O2S/c15-17(16,12-3-1-2-4-12)14-8-7-10-5-6-11(9-14)13-10/h10-13H,1-9H2. The second kappa shape index (κ2) is 4.52. The van der Waals surface area contributed by atoms with Crippen LogP contribution in [0, 0.1) is 0 Å². The minimum Gasteiger partial charge on any atom is -0.310 e. The number of rotatable bonds is 2. The van der Waals surface area contributed by atoms with E-state index in [1.54, 1.807) is 4.31 Å². The monoisotopic (exact) mass is 258 g/mol. The van der Waals surface area contributed by atoms with Crippen molar-refractivity contribution in [2.45, 2.75) is 62.3 Å². The average molecular weight is 258 g/mol. The molecule has 98 valence electrons. The van der Waals surface area contributed by atoms with Gasteiger partial charge in [0.15, 0.2) is 0 Å². The Labute approximate surface area is 104 Å². The third kappa shape index (κ3) is 2.25. The van der Waals surface area contributed by atoms with Gasteiger partial charge in [-0.15, -0.1) is 0 Å². The van der Waals surface area contributed by atoms with Crippen molar-refractivity contribution in [3.63, 3.8) is 0 Å². The van der Waals surface area contributed by atoms with Gasteiger partial charge in [-0.05, 0) is 32.1 Å². The molecule has 2 bridgehead atoms. The molecule has 2 saturated heterocycles. The molecule has 0 aromatic rings. The number of sulfonamides is 1. The van der Waals surface area contributed by atoms with Crippen LogP contribution in [-0.2, 0) is 10.0 Å². The van der Waals surface area contributed by atoms with Gasteiger partial charge in [-0.25, -0.2) is 12.7 Å². The van der Waals surface area contributed by atoms with E-state index in [-0.39, 0.29) is 5.25 Å². The molecular formula is C12H22N2O2S. The summed E-state index contributed by atoms with van der Waals surface area (Å²) in [6, 6.07) is 0.961. The molecule has 1 aliphatic carbocycles. The molecule has 0 spiro atoms. The van der Waals surface area contributed by atoms with Gasteiger partial charge in [0, 0.05) is 25.2 Å². The second-order valence-corrected chi connectivity index (χ2v) is 7.95. The lowest BCUT2D eigenvalue weighted by molar-refractivity contribution is 0.377. The van der Waals surface area contributed by atoms with Crippen LogP contribution >= 0.6 is 0 Å². The summed E-state index contributed by atoms with van der Waals surface area (Å²) in [5.41, 5.74) is 0. The first-order valence-electron chi connectivity index (χ1n) is 6.91. The quantitative estimate of drug-likeness (QED) is 0.806.